The fourth-order valence-electron chi connectivity index (χ4n) is 4.45. The lowest BCUT2D eigenvalue weighted by molar-refractivity contribution is -0.125. The maximum atomic E-state index is 12.4. The van der Waals surface area contributed by atoms with E-state index in [-0.39, 0.29) is 29.3 Å². The van der Waals surface area contributed by atoms with Crippen molar-refractivity contribution in [1.29, 1.82) is 0 Å². The molecule has 5 heteroatoms. The molecule has 0 bridgehead atoms. The summed E-state index contributed by atoms with van der Waals surface area (Å²) in [5.41, 5.74) is 0.0974. The van der Waals surface area contributed by atoms with Crippen LogP contribution in [0.5, 0.6) is 0 Å². The van der Waals surface area contributed by atoms with E-state index >= 15 is 0 Å². The first-order chi connectivity index (χ1) is 11.2. The molecule has 24 heavy (non-hydrogen) atoms. The van der Waals surface area contributed by atoms with Crippen LogP contribution in [-0.4, -0.2) is 59.9 Å². The summed E-state index contributed by atoms with van der Waals surface area (Å²) in [5, 5.41) is 13.4. The molecule has 140 valence electrons. The zero-order valence-corrected chi connectivity index (χ0v) is 15.9. The first-order valence-corrected chi connectivity index (χ1v) is 9.53. The summed E-state index contributed by atoms with van der Waals surface area (Å²) in [6.45, 7) is 11.9. The highest BCUT2D eigenvalue weighted by molar-refractivity contribution is 5.76. The molecule has 1 heterocycles. The number of ether oxygens (including phenoxy) is 1. The summed E-state index contributed by atoms with van der Waals surface area (Å²) in [7, 11) is 0. The van der Waals surface area contributed by atoms with E-state index < -0.39 is 6.10 Å². The van der Waals surface area contributed by atoms with Crippen LogP contribution in [0.1, 0.15) is 66.2 Å². The predicted molar refractivity (Wildman–Crippen MR) is 95.9 cm³/mol. The lowest BCUT2D eigenvalue weighted by atomic mass is 9.86. The molecule has 1 aliphatic carbocycles. The second kappa shape index (κ2) is 8.15. The minimum atomic E-state index is -0.569. The van der Waals surface area contributed by atoms with Crippen molar-refractivity contribution < 1.29 is 14.6 Å². The molecular formula is C19H36N2O3. The number of rotatable bonds is 6. The van der Waals surface area contributed by atoms with Gasteiger partial charge in [-0.25, -0.2) is 0 Å². The second-order valence-electron chi connectivity index (χ2n) is 8.82. The van der Waals surface area contributed by atoms with Gasteiger partial charge in [-0.05, 0) is 31.6 Å². The number of amides is 1. The Morgan fingerprint density at radius 2 is 1.83 bits per heavy atom. The molecule has 1 saturated carbocycles. The number of nitrogens with zero attached hydrogens (tertiary/aromatic N) is 1. The molecule has 0 spiro atoms. The summed E-state index contributed by atoms with van der Waals surface area (Å²) in [4.78, 5) is 14.9. The van der Waals surface area contributed by atoms with E-state index in [2.05, 4.69) is 37.9 Å². The Hall–Kier alpha value is -0.650. The van der Waals surface area contributed by atoms with Gasteiger partial charge in [0, 0.05) is 24.7 Å². The highest BCUT2D eigenvalue weighted by atomic mass is 16.5. The van der Waals surface area contributed by atoms with Gasteiger partial charge in [0.25, 0.3) is 0 Å². The number of hydrogen-bond acceptors (Lipinski definition) is 4. The van der Waals surface area contributed by atoms with E-state index in [0.717, 1.165) is 39.1 Å². The molecule has 2 rings (SSSR count). The summed E-state index contributed by atoms with van der Waals surface area (Å²) < 4.78 is 5.50. The minimum Gasteiger partial charge on any atom is -0.393 e. The van der Waals surface area contributed by atoms with E-state index in [1.54, 1.807) is 0 Å². The summed E-state index contributed by atoms with van der Waals surface area (Å²) in [6, 6.07) is 0.104. The third kappa shape index (κ3) is 5.17. The van der Waals surface area contributed by atoms with Gasteiger partial charge in [-0.3, -0.25) is 9.69 Å². The fourth-order valence-corrected chi connectivity index (χ4v) is 4.45. The third-order valence-electron chi connectivity index (χ3n) is 5.56. The van der Waals surface area contributed by atoms with Crippen molar-refractivity contribution in [3.63, 3.8) is 0 Å². The topological polar surface area (TPSA) is 61.8 Å². The number of hydrogen-bond donors (Lipinski definition) is 2. The molecule has 1 amide bonds. The lowest BCUT2D eigenvalue weighted by Crippen LogP contribution is -2.62. The number of aliphatic hydroxyl groups excluding tert-OH is 1. The minimum absolute atomic E-state index is 0.0289. The number of aliphatic hydroxyl groups is 1. The molecule has 2 aliphatic rings. The van der Waals surface area contributed by atoms with Gasteiger partial charge in [0.05, 0.1) is 25.7 Å². The predicted octanol–water partition coefficient (Wildman–Crippen LogP) is 2.32. The number of carbonyl (C=O) groups excluding carboxylic acids is 1. The Morgan fingerprint density at radius 3 is 2.38 bits per heavy atom. The van der Waals surface area contributed by atoms with Crippen LogP contribution >= 0.6 is 0 Å². The second-order valence-corrected chi connectivity index (χ2v) is 8.82. The van der Waals surface area contributed by atoms with Crippen LogP contribution in [0.3, 0.4) is 0 Å². The van der Waals surface area contributed by atoms with Crippen LogP contribution in [0.4, 0.5) is 0 Å². The Labute approximate surface area is 147 Å². The lowest BCUT2D eigenvalue weighted by Gasteiger charge is -2.47. The van der Waals surface area contributed by atoms with Crippen molar-refractivity contribution >= 4 is 5.91 Å². The van der Waals surface area contributed by atoms with Gasteiger partial charge in [-0.2, -0.15) is 0 Å². The molecule has 0 aromatic carbocycles. The standard InChI is InChI=1S/C19H36N2O3/c1-15(20-17(23)13-16(22)14-18(2,3)4)19(7-5-6-8-19)21-9-11-24-12-10-21/h15-16,22H,5-14H2,1-4H3,(H,20,23)/t15-,16+/m0/s1. The zero-order chi connectivity index (χ0) is 17.8. The van der Waals surface area contributed by atoms with Gasteiger partial charge >= 0.3 is 0 Å². The van der Waals surface area contributed by atoms with Gasteiger partial charge in [-0.1, -0.05) is 33.6 Å². The first-order valence-electron chi connectivity index (χ1n) is 9.53. The summed E-state index contributed by atoms with van der Waals surface area (Å²) in [6.07, 6.45) is 5.00. The molecule has 0 unspecified atom stereocenters. The maximum Gasteiger partial charge on any atom is 0.222 e. The van der Waals surface area contributed by atoms with Crippen molar-refractivity contribution in [2.75, 3.05) is 26.3 Å². The highest BCUT2D eigenvalue weighted by Crippen LogP contribution is 2.38. The number of carbonyl (C=O) groups is 1. The molecule has 2 atom stereocenters. The molecular weight excluding hydrogens is 304 g/mol. The van der Waals surface area contributed by atoms with Crippen molar-refractivity contribution in [2.24, 2.45) is 5.41 Å². The first kappa shape index (κ1) is 19.7. The molecule has 1 aliphatic heterocycles. The number of morpholine rings is 1. The van der Waals surface area contributed by atoms with E-state index in [1.165, 1.54) is 12.8 Å². The van der Waals surface area contributed by atoms with Crippen LogP contribution in [0, 0.1) is 5.41 Å². The third-order valence-corrected chi connectivity index (χ3v) is 5.56. The SMILES string of the molecule is C[C@H](NC(=O)C[C@@H](O)CC(C)(C)C)C1(N2CCOCC2)CCCC1. The Bertz CT molecular complexity index is 407. The van der Waals surface area contributed by atoms with E-state index in [9.17, 15) is 9.90 Å². The van der Waals surface area contributed by atoms with Gasteiger partial charge in [0.1, 0.15) is 0 Å². The van der Waals surface area contributed by atoms with Crippen LogP contribution in [0.25, 0.3) is 0 Å². The van der Waals surface area contributed by atoms with Crippen LogP contribution < -0.4 is 5.32 Å². The maximum absolute atomic E-state index is 12.4. The highest BCUT2D eigenvalue weighted by Gasteiger charge is 2.45. The van der Waals surface area contributed by atoms with Gasteiger partial charge in [0.2, 0.25) is 5.91 Å². The molecule has 1 saturated heterocycles. The fraction of sp³-hybridized carbons (Fsp3) is 0.947. The molecule has 2 N–H and O–H groups in total. The Morgan fingerprint density at radius 1 is 1.25 bits per heavy atom. The van der Waals surface area contributed by atoms with Crippen molar-refractivity contribution in [3.05, 3.63) is 0 Å². The van der Waals surface area contributed by atoms with Gasteiger partial charge in [-0.15, -0.1) is 0 Å². The van der Waals surface area contributed by atoms with Crippen LogP contribution in [0.2, 0.25) is 0 Å². The summed E-state index contributed by atoms with van der Waals surface area (Å²) in [5.74, 6) is -0.0289. The van der Waals surface area contributed by atoms with Crippen LogP contribution in [0.15, 0.2) is 0 Å². The van der Waals surface area contributed by atoms with E-state index in [0.29, 0.717) is 6.42 Å². The quantitative estimate of drug-likeness (QED) is 0.779. The van der Waals surface area contributed by atoms with Gasteiger partial charge < -0.3 is 15.2 Å². The van der Waals surface area contributed by atoms with Crippen molar-refractivity contribution in [3.8, 4) is 0 Å². The van der Waals surface area contributed by atoms with Crippen LogP contribution in [-0.2, 0) is 9.53 Å². The molecule has 0 radical (unpaired) electrons. The average Bonchev–Trinajstić information content (AvgIpc) is 2.96. The Kier molecular flexibility index (Phi) is 6.68. The zero-order valence-electron chi connectivity index (χ0n) is 15.9. The van der Waals surface area contributed by atoms with Crippen molar-refractivity contribution in [1.82, 2.24) is 10.2 Å². The molecule has 2 fully saturated rings. The molecule has 0 aromatic rings. The van der Waals surface area contributed by atoms with E-state index in [1.807, 2.05) is 0 Å². The molecule has 0 aromatic heterocycles. The molecule has 5 nitrogen and oxygen atoms in total. The van der Waals surface area contributed by atoms with Gasteiger partial charge in [0.15, 0.2) is 0 Å². The average molecular weight is 341 g/mol. The summed E-state index contributed by atoms with van der Waals surface area (Å²) >= 11 is 0. The van der Waals surface area contributed by atoms with E-state index in [4.69, 9.17) is 4.74 Å². The monoisotopic (exact) mass is 340 g/mol. The smallest absolute Gasteiger partial charge is 0.222 e. The Balaban J connectivity index is 1.93. The van der Waals surface area contributed by atoms with Crippen molar-refractivity contribution in [2.45, 2.75) is 83.9 Å². The normalized spacial score (nSPS) is 24.5. The largest absolute Gasteiger partial charge is 0.393 e. The number of nitrogens with one attached hydrogen (secondary N) is 1.